The van der Waals surface area contributed by atoms with Gasteiger partial charge in [-0.15, -0.1) is 0 Å². The van der Waals surface area contributed by atoms with Crippen LogP contribution in [0, 0.1) is 0 Å². The van der Waals surface area contributed by atoms with Crippen LogP contribution in [0.5, 0.6) is 5.75 Å². The third-order valence-electron chi connectivity index (χ3n) is 2.20. The van der Waals surface area contributed by atoms with Crippen molar-refractivity contribution in [1.29, 1.82) is 0 Å². The van der Waals surface area contributed by atoms with E-state index in [1.807, 2.05) is 0 Å². The van der Waals surface area contributed by atoms with Crippen LogP contribution in [0.15, 0.2) is 24.3 Å². The predicted molar refractivity (Wildman–Crippen MR) is 51.0 cm³/mol. The molecule has 1 aliphatic heterocycles. The molecule has 1 aromatic carbocycles. The van der Waals surface area contributed by atoms with Crippen LogP contribution in [-0.2, 0) is 14.9 Å². The van der Waals surface area contributed by atoms with Gasteiger partial charge in [0.1, 0.15) is 11.0 Å². The topological polar surface area (TPSA) is 80.7 Å². The van der Waals surface area contributed by atoms with Crippen molar-refractivity contribution in [3.63, 3.8) is 0 Å². The molecule has 1 unspecified atom stereocenters. The molecule has 1 atom stereocenters. The highest BCUT2D eigenvalue weighted by atomic mass is 32.2. The maximum Gasteiger partial charge on any atom is 0.312 e. The minimum absolute atomic E-state index is 0.191. The van der Waals surface area contributed by atoms with Crippen molar-refractivity contribution in [3.05, 3.63) is 29.8 Å². The van der Waals surface area contributed by atoms with Crippen LogP contribution in [0.25, 0.3) is 0 Å². The lowest BCUT2D eigenvalue weighted by atomic mass is 10.1. The van der Waals surface area contributed by atoms with Crippen molar-refractivity contribution >= 4 is 16.1 Å². The van der Waals surface area contributed by atoms with Crippen molar-refractivity contribution in [2.24, 2.45) is 0 Å². The minimum Gasteiger partial charge on any atom is -0.426 e. The zero-order chi connectivity index (χ0) is 11.1. The van der Waals surface area contributed by atoms with Crippen LogP contribution in [0.1, 0.15) is 17.2 Å². The molecule has 0 aromatic heterocycles. The summed E-state index contributed by atoms with van der Waals surface area (Å²) < 4.78 is 35.9. The van der Waals surface area contributed by atoms with E-state index < -0.39 is 21.3 Å². The zero-order valence-corrected chi connectivity index (χ0v) is 8.40. The normalized spacial score (nSPS) is 20.6. The van der Waals surface area contributed by atoms with Gasteiger partial charge in [-0.3, -0.25) is 9.35 Å². The smallest absolute Gasteiger partial charge is 0.312 e. The molecule has 0 amide bonds. The van der Waals surface area contributed by atoms with Gasteiger partial charge in [0.15, 0.2) is 0 Å². The number of carbonyl (C=O) groups is 1. The Morgan fingerprint density at radius 2 is 2.00 bits per heavy atom. The Morgan fingerprint density at radius 3 is 2.67 bits per heavy atom. The fraction of sp³-hybridized carbons (Fsp3) is 0.222. The Kier molecular flexibility index (Phi) is 2.24. The summed E-state index contributed by atoms with van der Waals surface area (Å²) in [6, 6.07) is 6.25. The second kappa shape index (κ2) is 3.32. The van der Waals surface area contributed by atoms with Gasteiger partial charge in [-0.1, -0.05) is 18.2 Å². The van der Waals surface area contributed by atoms with Gasteiger partial charge in [0.05, 0.1) is 6.42 Å². The van der Waals surface area contributed by atoms with E-state index in [0.29, 0.717) is 5.56 Å². The molecular formula is C9H8O5S. The summed E-state index contributed by atoms with van der Waals surface area (Å²) in [4.78, 5) is 11.1. The van der Waals surface area contributed by atoms with E-state index in [-0.39, 0.29) is 12.2 Å². The molecule has 0 aliphatic carbocycles. The van der Waals surface area contributed by atoms with Gasteiger partial charge >= 0.3 is 5.97 Å². The van der Waals surface area contributed by atoms with Crippen molar-refractivity contribution in [2.45, 2.75) is 11.7 Å². The largest absolute Gasteiger partial charge is 0.426 e. The lowest BCUT2D eigenvalue weighted by Gasteiger charge is -2.21. The highest BCUT2D eigenvalue weighted by Crippen LogP contribution is 2.36. The first-order valence-electron chi connectivity index (χ1n) is 4.24. The number of benzene rings is 1. The third-order valence-corrected chi connectivity index (χ3v) is 3.34. The number of ether oxygens (including phenoxy) is 1. The van der Waals surface area contributed by atoms with Crippen LogP contribution >= 0.6 is 0 Å². The molecule has 0 fully saturated rings. The Bertz CT molecular complexity index is 505. The van der Waals surface area contributed by atoms with Crippen molar-refractivity contribution in [1.82, 2.24) is 0 Å². The molecule has 0 saturated heterocycles. The van der Waals surface area contributed by atoms with Gasteiger partial charge in [-0.25, -0.2) is 0 Å². The summed E-state index contributed by atoms with van der Waals surface area (Å²) in [5.41, 5.74) is 0.319. The summed E-state index contributed by atoms with van der Waals surface area (Å²) in [6.07, 6.45) is -0.351. The van der Waals surface area contributed by atoms with Crippen LogP contribution in [0.3, 0.4) is 0 Å². The van der Waals surface area contributed by atoms with Crippen LogP contribution in [-0.4, -0.2) is 18.9 Å². The Balaban J connectivity index is 2.57. The number of hydrogen-bond acceptors (Lipinski definition) is 4. The number of carbonyl (C=O) groups excluding carboxylic acids is 1. The standard InChI is InChI=1S/C9H8O5S/c10-9-5-8(15(11,12)13)6-3-1-2-4-7(6)14-9/h1-4,8H,5H2,(H,11,12,13). The third kappa shape index (κ3) is 1.86. The highest BCUT2D eigenvalue weighted by Gasteiger charge is 2.35. The zero-order valence-electron chi connectivity index (χ0n) is 7.58. The average Bonchev–Trinajstić information content (AvgIpc) is 2.15. The maximum atomic E-state index is 11.1. The van der Waals surface area contributed by atoms with E-state index in [0.717, 1.165) is 0 Å². The van der Waals surface area contributed by atoms with Gasteiger partial charge in [-0.05, 0) is 6.07 Å². The van der Waals surface area contributed by atoms with Gasteiger partial charge in [-0.2, -0.15) is 8.42 Å². The number of hydrogen-bond donors (Lipinski definition) is 1. The van der Waals surface area contributed by atoms with E-state index in [4.69, 9.17) is 9.29 Å². The number of para-hydroxylation sites is 1. The van der Waals surface area contributed by atoms with Gasteiger partial charge in [0.2, 0.25) is 0 Å². The fourth-order valence-electron chi connectivity index (χ4n) is 1.53. The van der Waals surface area contributed by atoms with E-state index in [1.165, 1.54) is 12.1 Å². The van der Waals surface area contributed by atoms with Gasteiger partial charge in [0.25, 0.3) is 10.1 Å². The lowest BCUT2D eigenvalue weighted by molar-refractivity contribution is -0.135. The molecule has 80 valence electrons. The molecule has 0 spiro atoms. The Morgan fingerprint density at radius 1 is 1.33 bits per heavy atom. The molecule has 0 radical (unpaired) electrons. The first-order chi connectivity index (χ1) is 6.98. The second-order valence-corrected chi connectivity index (χ2v) is 4.82. The van der Waals surface area contributed by atoms with Crippen LogP contribution in [0.4, 0.5) is 0 Å². The molecule has 1 aliphatic rings. The number of rotatable bonds is 1. The molecule has 15 heavy (non-hydrogen) atoms. The molecular weight excluding hydrogens is 220 g/mol. The van der Waals surface area contributed by atoms with Crippen LogP contribution in [0.2, 0.25) is 0 Å². The molecule has 6 heteroatoms. The SMILES string of the molecule is O=C1CC(S(=O)(=O)O)c2ccccc2O1. The summed E-state index contributed by atoms with van der Waals surface area (Å²) >= 11 is 0. The first kappa shape index (κ1) is 10.1. The number of esters is 1. The fourth-order valence-corrected chi connectivity index (χ4v) is 2.39. The minimum atomic E-state index is -4.27. The molecule has 2 rings (SSSR count). The summed E-state index contributed by atoms with van der Waals surface area (Å²) in [7, 11) is -4.27. The van der Waals surface area contributed by atoms with E-state index in [9.17, 15) is 13.2 Å². The predicted octanol–water partition coefficient (Wildman–Crippen LogP) is 0.925. The molecule has 1 heterocycles. The van der Waals surface area contributed by atoms with E-state index in [1.54, 1.807) is 12.1 Å². The summed E-state index contributed by atoms with van der Waals surface area (Å²) in [5, 5.41) is -1.21. The molecule has 1 N–H and O–H groups in total. The van der Waals surface area contributed by atoms with Crippen molar-refractivity contribution < 1.29 is 22.5 Å². The van der Waals surface area contributed by atoms with Crippen molar-refractivity contribution in [2.75, 3.05) is 0 Å². The second-order valence-electron chi connectivity index (χ2n) is 3.22. The summed E-state index contributed by atoms with van der Waals surface area (Å²) in [5.74, 6) is -0.465. The van der Waals surface area contributed by atoms with Crippen molar-refractivity contribution in [3.8, 4) is 5.75 Å². The number of fused-ring (bicyclic) bond motifs is 1. The lowest BCUT2D eigenvalue weighted by Crippen LogP contribution is -2.25. The molecule has 5 nitrogen and oxygen atoms in total. The quantitative estimate of drug-likeness (QED) is 0.439. The molecule has 0 bridgehead atoms. The van der Waals surface area contributed by atoms with E-state index >= 15 is 0 Å². The average molecular weight is 228 g/mol. The molecule has 1 aromatic rings. The van der Waals surface area contributed by atoms with E-state index in [2.05, 4.69) is 0 Å². The Labute approximate surface area is 86.4 Å². The van der Waals surface area contributed by atoms with Gasteiger partial charge in [0, 0.05) is 5.56 Å². The monoisotopic (exact) mass is 228 g/mol. The maximum absolute atomic E-state index is 11.1. The summed E-state index contributed by atoms with van der Waals surface area (Å²) in [6.45, 7) is 0. The highest BCUT2D eigenvalue weighted by molar-refractivity contribution is 7.86. The van der Waals surface area contributed by atoms with Gasteiger partial charge < -0.3 is 4.74 Å². The molecule has 0 saturated carbocycles. The first-order valence-corrected chi connectivity index (χ1v) is 5.75. The Hall–Kier alpha value is -1.40. The van der Waals surface area contributed by atoms with Crippen LogP contribution < -0.4 is 4.74 Å².